The molecule has 8 heteroatoms. The van der Waals surface area contributed by atoms with Crippen molar-refractivity contribution >= 4 is 11.8 Å². The van der Waals surface area contributed by atoms with Crippen LogP contribution in [0.3, 0.4) is 0 Å². The zero-order valence-electron chi connectivity index (χ0n) is 17.2. The smallest absolute Gasteiger partial charge is 0.252 e. The summed E-state index contributed by atoms with van der Waals surface area (Å²) in [6.07, 6.45) is 2.94. The highest BCUT2D eigenvalue weighted by atomic mass is 16.5. The molecule has 0 radical (unpaired) electrons. The van der Waals surface area contributed by atoms with E-state index in [4.69, 9.17) is 20.3 Å². The van der Waals surface area contributed by atoms with Crippen LogP contribution >= 0.6 is 0 Å². The van der Waals surface area contributed by atoms with Gasteiger partial charge < -0.3 is 20.3 Å². The van der Waals surface area contributed by atoms with Gasteiger partial charge in [-0.2, -0.15) is 0 Å². The fourth-order valence-corrected chi connectivity index (χ4v) is 2.80. The van der Waals surface area contributed by atoms with Crippen molar-refractivity contribution in [3.05, 3.63) is 11.8 Å². The molecule has 27 heavy (non-hydrogen) atoms. The summed E-state index contributed by atoms with van der Waals surface area (Å²) in [5.74, 6) is -0.930. The Morgan fingerprint density at radius 3 is 2.44 bits per heavy atom. The largest absolute Gasteiger partial charge is 0.401 e. The summed E-state index contributed by atoms with van der Waals surface area (Å²) in [6, 6.07) is 0.234. The lowest BCUT2D eigenvalue weighted by Gasteiger charge is -2.41. The van der Waals surface area contributed by atoms with Gasteiger partial charge in [-0.05, 0) is 33.7 Å². The highest BCUT2D eigenvalue weighted by molar-refractivity contribution is 6.04. The molecule has 0 aromatic heterocycles. The number of carbonyl (C=O) groups excluding carboxylic acids is 2. The summed E-state index contributed by atoms with van der Waals surface area (Å²) >= 11 is 0. The number of hydrogen-bond donors (Lipinski definition) is 3. The number of carbonyl (C=O) groups is 2. The lowest BCUT2D eigenvalue weighted by Crippen LogP contribution is -2.58. The summed E-state index contributed by atoms with van der Waals surface area (Å²) < 4.78 is 10.7. The van der Waals surface area contributed by atoms with Crippen molar-refractivity contribution in [3.63, 3.8) is 0 Å². The average Bonchev–Trinajstić information content (AvgIpc) is 2.61. The second kappa shape index (κ2) is 10.2. The molecule has 8 nitrogen and oxygen atoms in total. The second-order valence-electron chi connectivity index (χ2n) is 8.09. The zero-order chi connectivity index (χ0) is 20.7. The van der Waals surface area contributed by atoms with E-state index in [1.165, 1.54) is 6.08 Å². The Labute approximate surface area is 162 Å². The maximum Gasteiger partial charge on any atom is 0.252 e. The summed E-state index contributed by atoms with van der Waals surface area (Å²) in [5, 5.41) is 11.2. The fraction of sp³-hybridized carbons (Fsp3) is 0.789. The number of nitrogens with two attached hydrogens (primary N) is 1. The van der Waals surface area contributed by atoms with Gasteiger partial charge in [-0.25, -0.2) is 0 Å². The number of imide groups is 1. The van der Waals surface area contributed by atoms with Crippen LogP contribution in [0.5, 0.6) is 0 Å². The van der Waals surface area contributed by atoms with E-state index in [2.05, 4.69) is 5.32 Å². The minimum Gasteiger partial charge on any atom is -0.401 e. The molecule has 0 aromatic carbocycles. The van der Waals surface area contributed by atoms with Gasteiger partial charge in [-0.15, -0.1) is 0 Å². The molecule has 1 aliphatic rings. The lowest BCUT2D eigenvalue weighted by atomic mass is 9.90. The SMILES string of the molecule is CN(C1CCOCC1)C(C)(C)C(=O)NC(=O)C=C(N)C(C)(C)COCCO. The number of ether oxygens (including phenoxy) is 2. The van der Waals surface area contributed by atoms with Crippen LogP contribution in [-0.2, 0) is 19.1 Å². The molecule has 0 aromatic rings. The van der Waals surface area contributed by atoms with Crippen LogP contribution in [0.25, 0.3) is 0 Å². The van der Waals surface area contributed by atoms with Crippen molar-refractivity contribution in [3.8, 4) is 0 Å². The molecule has 1 heterocycles. The summed E-state index contributed by atoms with van der Waals surface area (Å²) in [5.41, 5.74) is 4.88. The lowest BCUT2D eigenvalue weighted by molar-refractivity contribution is -0.137. The molecule has 4 N–H and O–H groups in total. The Kier molecular flexibility index (Phi) is 8.87. The highest BCUT2D eigenvalue weighted by Crippen LogP contribution is 2.24. The van der Waals surface area contributed by atoms with E-state index in [1.807, 2.05) is 25.8 Å². The van der Waals surface area contributed by atoms with E-state index < -0.39 is 16.9 Å². The van der Waals surface area contributed by atoms with Crippen LogP contribution in [0.2, 0.25) is 0 Å². The molecule has 1 aliphatic heterocycles. The fourth-order valence-electron chi connectivity index (χ4n) is 2.80. The Bertz CT molecular complexity index is 539. The van der Waals surface area contributed by atoms with Crippen molar-refractivity contribution in [1.29, 1.82) is 0 Å². The Morgan fingerprint density at radius 2 is 1.89 bits per heavy atom. The number of likely N-dealkylation sites (N-methyl/N-ethyl adjacent to an activating group) is 1. The van der Waals surface area contributed by atoms with E-state index in [-0.39, 0.29) is 31.8 Å². The number of amides is 2. The normalized spacial score (nSPS) is 17.2. The van der Waals surface area contributed by atoms with Crippen LogP contribution in [-0.4, -0.2) is 73.5 Å². The first-order valence-electron chi connectivity index (χ1n) is 9.34. The van der Waals surface area contributed by atoms with Gasteiger partial charge in [0.2, 0.25) is 5.91 Å². The van der Waals surface area contributed by atoms with E-state index in [1.54, 1.807) is 13.8 Å². The van der Waals surface area contributed by atoms with Gasteiger partial charge in [0.05, 0.1) is 25.4 Å². The molecule has 2 amide bonds. The first-order valence-corrected chi connectivity index (χ1v) is 9.34. The van der Waals surface area contributed by atoms with E-state index in [0.717, 1.165) is 12.8 Å². The predicted octanol–water partition coefficient (Wildman–Crippen LogP) is 0.396. The summed E-state index contributed by atoms with van der Waals surface area (Å²) in [7, 11) is 1.89. The Balaban J connectivity index is 2.69. The number of aliphatic hydroxyl groups is 1. The number of nitrogens with one attached hydrogen (secondary N) is 1. The number of hydrogen-bond acceptors (Lipinski definition) is 7. The van der Waals surface area contributed by atoms with Gasteiger partial charge in [-0.3, -0.25) is 19.8 Å². The topological polar surface area (TPSA) is 114 Å². The van der Waals surface area contributed by atoms with E-state index >= 15 is 0 Å². The molecule has 1 rings (SSSR count). The number of nitrogens with zero attached hydrogens (tertiary/aromatic N) is 1. The van der Waals surface area contributed by atoms with Crippen molar-refractivity contribution in [2.75, 3.05) is 40.1 Å². The van der Waals surface area contributed by atoms with Crippen LogP contribution in [0.1, 0.15) is 40.5 Å². The van der Waals surface area contributed by atoms with Gasteiger partial charge >= 0.3 is 0 Å². The zero-order valence-corrected chi connectivity index (χ0v) is 17.2. The minimum atomic E-state index is -0.847. The molecule has 0 atom stereocenters. The molecule has 0 bridgehead atoms. The van der Waals surface area contributed by atoms with Gasteiger partial charge in [0.15, 0.2) is 0 Å². The first-order chi connectivity index (χ1) is 12.5. The molecular weight excluding hydrogens is 350 g/mol. The second-order valence-corrected chi connectivity index (χ2v) is 8.09. The molecule has 156 valence electrons. The molecular formula is C19H35N3O5. The Hall–Kier alpha value is -1.48. The summed E-state index contributed by atoms with van der Waals surface area (Å²) in [6.45, 7) is 8.99. The monoisotopic (exact) mass is 385 g/mol. The van der Waals surface area contributed by atoms with Gasteiger partial charge in [0.25, 0.3) is 5.91 Å². The predicted molar refractivity (Wildman–Crippen MR) is 103 cm³/mol. The third kappa shape index (κ3) is 6.88. The third-order valence-corrected chi connectivity index (χ3v) is 5.18. The van der Waals surface area contributed by atoms with Crippen molar-refractivity contribution in [1.82, 2.24) is 10.2 Å². The quantitative estimate of drug-likeness (QED) is 0.389. The van der Waals surface area contributed by atoms with Crippen LogP contribution < -0.4 is 11.1 Å². The number of rotatable bonds is 9. The average molecular weight is 386 g/mol. The van der Waals surface area contributed by atoms with Gasteiger partial charge in [-0.1, -0.05) is 13.8 Å². The highest BCUT2D eigenvalue weighted by Gasteiger charge is 2.37. The van der Waals surface area contributed by atoms with Crippen molar-refractivity contribution < 1.29 is 24.2 Å². The Morgan fingerprint density at radius 1 is 1.30 bits per heavy atom. The molecule has 0 saturated carbocycles. The number of aliphatic hydroxyl groups excluding tert-OH is 1. The molecule has 1 fully saturated rings. The molecule has 0 spiro atoms. The van der Waals surface area contributed by atoms with Crippen LogP contribution in [0, 0.1) is 5.41 Å². The minimum absolute atomic E-state index is 0.0790. The van der Waals surface area contributed by atoms with Crippen molar-refractivity contribution in [2.45, 2.75) is 52.1 Å². The van der Waals surface area contributed by atoms with Gasteiger partial charge in [0.1, 0.15) is 0 Å². The van der Waals surface area contributed by atoms with Crippen LogP contribution in [0.15, 0.2) is 11.8 Å². The van der Waals surface area contributed by atoms with Crippen molar-refractivity contribution in [2.24, 2.45) is 11.1 Å². The van der Waals surface area contributed by atoms with E-state index in [9.17, 15) is 9.59 Å². The van der Waals surface area contributed by atoms with E-state index in [0.29, 0.717) is 18.9 Å². The third-order valence-electron chi connectivity index (χ3n) is 5.18. The first kappa shape index (κ1) is 23.6. The maximum absolute atomic E-state index is 12.7. The summed E-state index contributed by atoms with van der Waals surface area (Å²) in [4.78, 5) is 27.0. The standard InChI is InChI=1S/C19H35N3O5/c1-18(2,13-27-11-8-23)15(20)12-16(24)21-17(25)19(3,4)22(5)14-6-9-26-10-7-14/h12,14,23H,6-11,13,20H2,1-5H3,(H,21,24,25). The molecule has 1 saturated heterocycles. The van der Waals surface area contributed by atoms with Gasteiger partial charge in [0, 0.05) is 36.4 Å². The van der Waals surface area contributed by atoms with Crippen LogP contribution in [0.4, 0.5) is 0 Å². The maximum atomic E-state index is 12.7. The molecule has 0 aliphatic carbocycles. The molecule has 0 unspecified atom stereocenters.